The van der Waals surface area contributed by atoms with Gasteiger partial charge in [0.05, 0.1) is 4.47 Å². The molecular weight excluding hydrogens is 338 g/mol. The summed E-state index contributed by atoms with van der Waals surface area (Å²) < 4.78 is 26.7. The van der Waals surface area contributed by atoms with Crippen molar-refractivity contribution in [3.63, 3.8) is 0 Å². The number of carboxylic acid groups (broad SMARTS) is 1. The van der Waals surface area contributed by atoms with Crippen molar-refractivity contribution in [1.82, 2.24) is 9.97 Å². The SMILES string of the molecule is O=C(O)c1cc(S(=O)(=O)Nc2ncccc2Br)c[nH]1. The number of aromatic nitrogens is 2. The van der Waals surface area contributed by atoms with E-state index in [0.29, 0.717) is 4.47 Å². The number of hydrogen-bond donors (Lipinski definition) is 3. The van der Waals surface area contributed by atoms with E-state index in [1.54, 1.807) is 12.1 Å². The van der Waals surface area contributed by atoms with Gasteiger partial charge in [0.1, 0.15) is 10.6 Å². The Morgan fingerprint density at radius 2 is 2.21 bits per heavy atom. The number of hydrogen-bond acceptors (Lipinski definition) is 4. The van der Waals surface area contributed by atoms with E-state index in [4.69, 9.17) is 5.11 Å². The Kier molecular flexibility index (Phi) is 3.58. The maximum absolute atomic E-state index is 12.0. The highest BCUT2D eigenvalue weighted by molar-refractivity contribution is 9.10. The summed E-state index contributed by atoms with van der Waals surface area (Å²) in [7, 11) is -3.89. The molecule has 0 amide bonds. The van der Waals surface area contributed by atoms with E-state index in [2.05, 4.69) is 30.6 Å². The fourth-order valence-electron chi connectivity index (χ4n) is 1.30. The first kappa shape index (κ1) is 13.6. The Bertz CT molecular complexity index is 726. The second-order valence-corrected chi connectivity index (χ2v) is 6.03. The largest absolute Gasteiger partial charge is 0.477 e. The number of anilines is 1. The second kappa shape index (κ2) is 5.02. The number of halogens is 1. The molecule has 3 N–H and O–H groups in total. The minimum Gasteiger partial charge on any atom is -0.477 e. The lowest BCUT2D eigenvalue weighted by Crippen LogP contribution is -2.13. The smallest absolute Gasteiger partial charge is 0.352 e. The van der Waals surface area contributed by atoms with Crippen LogP contribution in [0.4, 0.5) is 5.82 Å². The van der Waals surface area contributed by atoms with Crippen LogP contribution < -0.4 is 4.72 Å². The van der Waals surface area contributed by atoms with Gasteiger partial charge in [0.15, 0.2) is 5.82 Å². The predicted molar refractivity (Wildman–Crippen MR) is 70.5 cm³/mol. The molecule has 19 heavy (non-hydrogen) atoms. The van der Waals surface area contributed by atoms with Gasteiger partial charge in [0.25, 0.3) is 10.0 Å². The second-order valence-electron chi connectivity index (χ2n) is 3.49. The number of aromatic carboxylic acids is 1. The molecule has 0 unspecified atom stereocenters. The van der Waals surface area contributed by atoms with Crippen molar-refractivity contribution < 1.29 is 18.3 Å². The van der Waals surface area contributed by atoms with Gasteiger partial charge in [-0.3, -0.25) is 4.72 Å². The lowest BCUT2D eigenvalue weighted by Gasteiger charge is -2.06. The van der Waals surface area contributed by atoms with Crippen LogP contribution in [0.2, 0.25) is 0 Å². The van der Waals surface area contributed by atoms with E-state index in [1.807, 2.05) is 0 Å². The summed E-state index contributed by atoms with van der Waals surface area (Å²) in [6, 6.07) is 4.30. The Morgan fingerprint density at radius 3 is 2.79 bits per heavy atom. The molecule has 100 valence electrons. The number of sulfonamides is 1. The first-order valence-corrected chi connectivity index (χ1v) is 7.23. The number of carbonyl (C=O) groups is 1. The highest BCUT2D eigenvalue weighted by Crippen LogP contribution is 2.22. The number of H-pyrrole nitrogens is 1. The molecule has 0 aliphatic rings. The van der Waals surface area contributed by atoms with E-state index in [1.165, 1.54) is 6.20 Å². The molecule has 0 aliphatic carbocycles. The van der Waals surface area contributed by atoms with E-state index in [-0.39, 0.29) is 16.4 Å². The van der Waals surface area contributed by atoms with Crippen LogP contribution >= 0.6 is 15.9 Å². The van der Waals surface area contributed by atoms with Gasteiger partial charge >= 0.3 is 5.97 Å². The first-order chi connectivity index (χ1) is 8.90. The lowest BCUT2D eigenvalue weighted by atomic mass is 10.4. The molecule has 7 nitrogen and oxygen atoms in total. The van der Waals surface area contributed by atoms with Gasteiger partial charge in [-0.1, -0.05) is 0 Å². The molecule has 2 rings (SSSR count). The third-order valence-corrected chi connectivity index (χ3v) is 4.15. The van der Waals surface area contributed by atoms with Crippen LogP contribution in [0.1, 0.15) is 10.5 Å². The normalized spacial score (nSPS) is 11.2. The summed E-state index contributed by atoms with van der Waals surface area (Å²) >= 11 is 3.16. The summed E-state index contributed by atoms with van der Waals surface area (Å²) in [5, 5.41) is 8.73. The summed E-state index contributed by atoms with van der Waals surface area (Å²) in [6.45, 7) is 0. The van der Waals surface area contributed by atoms with Gasteiger partial charge in [0, 0.05) is 12.4 Å². The quantitative estimate of drug-likeness (QED) is 0.780. The maximum atomic E-state index is 12.0. The number of rotatable bonds is 4. The standard InChI is InChI=1S/C10H8BrN3O4S/c11-7-2-1-3-12-9(7)14-19(17,18)6-4-8(10(15)16)13-5-6/h1-5,13H,(H,12,14)(H,15,16). The molecule has 0 spiro atoms. The monoisotopic (exact) mass is 345 g/mol. The first-order valence-electron chi connectivity index (χ1n) is 4.95. The van der Waals surface area contributed by atoms with Crippen molar-refractivity contribution in [3.8, 4) is 0 Å². The van der Waals surface area contributed by atoms with E-state index in [0.717, 1.165) is 12.3 Å². The molecule has 0 aliphatic heterocycles. The fourth-order valence-corrected chi connectivity index (χ4v) is 2.81. The van der Waals surface area contributed by atoms with E-state index >= 15 is 0 Å². The number of nitrogens with zero attached hydrogens (tertiary/aromatic N) is 1. The van der Waals surface area contributed by atoms with Crippen LogP contribution in [0.3, 0.4) is 0 Å². The van der Waals surface area contributed by atoms with Gasteiger partial charge in [0.2, 0.25) is 0 Å². The summed E-state index contributed by atoms with van der Waals surface area (Å²) in [5.74, 6) is -1.11. The van der Waals surface area contributed by atoms with Gasteiger partial charge in [-0.15, -0.1) is 0 Å². The topological polar surface area (TPSA) is 112 Å². The Hall–Kier alpha value is -1.87. The Labute approximate surface area is 116 Å². The molecule has 0 atom stereocenters. The molecule has 0 saturated heterocycles. The molecule has 2 aromatic heterocycles. The summed E-state index contributed by atoms with van der Waals surface area (Å²) in [5.41, 5.74) is -0.208. The molecule has 0 radical (unpaired) electrons. The molecule has 9 heteroatoms. The molecule has 0 fully saturated rings. The number of pyridine rings is 1. The summed E-state index contributed by atoms with van der Waals surface area (Å²) in [6.07, 6.45) is 2.53. The highest BCUT2D eigenvalue weighted by Gasteiger charge is 2.19. The maximum Gasteiger partial charge on any atom is 0.352 e. The van der Waals surface area contributed by atoms with Crippen LogP contribution in [0.15, 0.2) is 40.0 Å². The average molecular weight is 346 g/mol. The van der Waals surface area contributed by atoms with Crippen LogP contribution in [0.5, 0.6) is 0 Å². The van der Waals surface area contributed by atoms with Crippen LogP contribution in [-0.4, -0.2) is 29.5 Å². The van der Waals surface area contributed by atoms with E-state index < -0.39 is 16.0 Å². The van der Waals surface area contributed by atoms with Gasteiger partial charge < -0.3 is 10.1 Å². The molecule has 0 aromatic carbocycles. The molecular formula is C10H8BrN3O4S. The van der Waals surface area contributed by atoms with Crippen LogP contribution in [0, 0.1) is 0 Å². The minimum atomic E-state index is -3.89. The van der Waals surface area contributed by atoms with Crippen molar-refractivity contribution in [2.75, 3.05) is 4.72 Å². The van der Waals surface area contributed by atoms with Gasteiger partial charge in [-0.25, -0.2) is 18.2 Å². The van der Waals surface area contributed by atoms with Gasteiger partial charge in [-0.05, 0) is 34.1 Å². The number of carboxylic acids is 1. The summed E-state index contributed by atoms with van der Waals surface area (Å²) in [4.78, 5) is 16.7. The third-order valence-electron chi connectivity index (χ3n) is 2.19. The Balaban J connectivity index is 2.32. The minimum absolute atomic E-state index is 0.126. The zero-order valence-corrected chi connectivity index (χ0v) is 11.7. The van der Waals surface area contributed by atoms with E-state index in [9.17, 15) is 13.2 Å². The lowest BCUT2D eigenvalue weighted by molar-refractivity contribution is 0.0691. The molecule has 2 heterocycles. The van der Waals surface area contributed by atoms with Crippen LogP contribution in [-0.2, 0) is 10.0 Å². The zero-order chi connectivity index (χ0) is 14.0. The molecule has 2 aromatic rings. The zero-order valence-electron chi connectivity index (χ0n) is 9.29. The third kappa shape index (κ3) is 2.93. The van der Waals surface area contributed by atoms with Crippen molar-refractivity contribution in [2.24, 2.45) is 0 Å². The van der Waals surface area contributed by atoms with Crippen molar-refractivity contribution in [1.29, 1.82) is 0 Å². The highest BCUT2D eigenvalue weighted by atomic mass is 79.9. The number of nitrogens with one attached hydrogen (secondary N) is 2. The molecule has 0 bridgehead atoms. The predicted octanol–water partition coefficient (Wildman–Crippen LogP) is 1.67. The fraction of sp³-hybridized carbons (Fsp3) is 0. The van der Waals surface area contributed by atoms with Gasteiger partial charge in [-0.2, -0.15) is 0 Å². The van der Waals surface area contributed by atoms with Crippen LogP contribution in [0.25, 0.3) is 0 Å². The van der Waals surface area contributed by atoms with Crippen molar-refractivity contribution >= 4 is 37.7 Å². The Morgan fingerprint density at radius 1 is 1.47 bits per heavy atom. The van der Waals surface area contributed by atoms with Crippen molar-refractivity contribution in [3.05, 3.63) is 40.8 Å². The average Bonchev–Trinajstić information content (AvgIpc) is 2.82. The number of aromatic amines is 1. The molecule has 0 saturated carbocycles. The van der Waals surface area contributed by atoms with Crippen molar-refractivity contribution in [2.45, 2.75) is 4.90 Å².